The summed E-state index contributed by atoms with van der Waals surface area (Å²) >= 11 is 0. The molecule has 1 fully saturated rings. The van der Waals surface area contributed by atoms with E-state index in [1.54, 1.807) is 18.2 Å². The number of hydrazone groups is 1. The maximum Gasteiger partial charge on any atom is 0.270 e. The van der Waals surface area contributed by atoms with Crippen molar-refractivity contribution in [3.63, 3.8) is 0 Å². The second kappa shape index (κ2) is 13.5. The van der Waals surface area contributed by atoms with Gasteiger partial charge in [0.15, 0.2) is 11.5 Å². The quantitative estimate of drug-likeness (QED) is 0.195. The van der Waals surface area contributed by atoms with Crippen molar-refractivity contribution in [2.24, 2.45) is 5.10 Å². The Morgan fingerprint density at radius 1 is 1.05 bits per heavy atom. The van der Waals surface area contributed by atoms with E-state index >= 15 is 0 Å². The van der Waals surface area contributed by atoms with Crippen LogP contribution in [0.15, 0.2) is 64.6 Å². The standard InChI is InChI=1S/C29H33N5O8S/c1-20-13-21(2)15-24(14-20)33(43(38,39)25-6-8-27(40-3)28(17-25)41-4)19-29(35)31-30-18-22-16-23(34(36)37)5-7-26(22)32-9-11-42-12-10-32/h5-8,13-18H,9-12,19H2,1-4H3,(H,31,35)/b30-18-. The first kappa shape index (κ1) is 31.3. The van der Waals surface area contributed by atoms with Gasteiger partial charge >= 0.3 is 0 Å². The Morgan fingerprint density at radius 3 is 2.35 bits per heavy atom. The van der Waals surface area contributed by atoms with Crippen LogP contribution in [0.1, 0.15) is 16.7 Å². The first-order valence-corrected chi connectivity index (χ1v) is 14.7. The van der Waals surface area contributed by atoms with Gasteiger partial charge in [-0.2, -0.15) is 5.10 Å². The summed E-state index contributed by atoms with van der Waals surface area (Å²) in [6.07, 6.45) is 1.31. The molecule has 43 heavy (non-hydrogen) atoms. The van der Waals surface area contributed by atoms with Gasteiger partial charge in [0.05, 0.1) is 49.2 Å². The molecule has 0 aliphatic carbocycles. The molecule has 1 heterocycles. The van der Waals surface area contributed by atoms with Gasteiger partial charge in [-0.3, -0.25) is 19.2 Å². The summed E-state index contributed by atoms with van der Waals surface area (Å²) in [5.74, 6) is -0.159. The SMILES string of the molecule is COc1ccc(S(=O)(=O)N(CC(=O)N/N=C\c2cc([N+](=O)[O-])ccc2N2CCOCC2)c2cc(C)cc(C)c2)cc1OC. The fourth-order valence-corrected chi connectivity index (χ4v) is 6.13. The number of benzene rings is 3. The number of nitrogens with zero attached hydrogens (tertiary/aromatic N) is 4. The Hall–Kier alpha value is -4.69. The predicted molar refractivity (Wildman–Crippen MR) is 162 cm³/mol. The third-order valence-electron chi connectivity index (χ3n) is 6.69. The van der Waals surface area contributed by atoms with Crippen molar-refractivity contribution in [3.05, 3.63) is 81.4 Å². The monoisotopic (exact) mass is 611 g/mol. The third-order valence-corrected chi connectivity index (χ3v) is 8.46. The summed E-state index contributed by atoms with van der Waals surface area (Å²) in [6, 6.07) is 13.8. The summed E-state index contributed by atoms with van der Waals surface area (Å²) in [4.78, 5) is 25.9. The number of anilines is 2. The topological polar surface area (TPSA) is 153 Å². The zero-order chi connectivity index (χ0) is 31.1. The summed E-state index contributed by atoms with van der Waals surface area (Å²) in [5.41, 5.74) is 5.26. The van der Waals surface area contributed by atoms with Crippen LogP contribution in [0.3, 0.4) is 0 Å². The predicted octanol–water partition coefficient (Wildman–Crippen LogP) is 3.41. The van der Waals surface area contributed by atoms with Gasteiger partial charge in [0.25, 0.3) is 21.6 Å². The number of rotatable bonds is 11. The number of carbonyl (C=O) groups is 1. The lowest BCUT2D eigenvalue weighted by Crippen LogP contribution is -2.39. The minimum absolute atomic E-state index is 0.104. The zero-order valence-corrected chi connectivity index (χ0v) is 25.1. The average Bonchev–Trinajstić information content (AvgIpc) is 2.99. The number of carbonyl (C=O) groups excluding carboxylic acids is 1. The van der Waals surface area contributed by atoms with Crippen LogP contribution in [0.5, 0.6) is 11.5 Å². The Bertz CT molecular complexity index is 1620. The molecule has 0 saturated carbocycles. The van der Waals surface area contributed by atoms with Crippen molar-refractivity contribution in [2.75, 3.05) is 56.3 Å². The average molecular weight is 612 g/mol. The Labute approximate surface area is 249 Å². The van der Waals surface area contributed by atoms with Crippen molar-refractivity contribution < 1.29 is 32.3 Å². The molecular weight excluding hydrogens is 578 g/mol. The first-order valence-electron chi connectivity index (χ1n) is 13.3. The minimum Gasteiger partial charge on any atom is -0.493 e. The molecule has 14 heteroatoms. The molecule has 0 spiro atoms. The number of aryl methyl sites for hydroxylation is 2. The molecule has 13 nitrogen and oxygen atoms in total. The summed E-state index contributed by atoms with van der Waals surface area (Å²) in [5, 5.41) is 15.4. The number of non-ortho nitro benzene ring substituents is 1. The van der Waals surface area contributed by atoms with E-state index < -0.39 is 27.4 Å². The van der Waals surface area contributed by atoms with Crippen LogP contribution < -0.4 is 24.1 Å². The van der Waals surface area contributed by atoms with Crippen molar-refractivity contribution in [3.8, 4) is 11.5 Å². The van der Waals surface area contributed by atoms with Crippen LogP contribution in [0.2, 0.25) is 0 Å². The number of methoxy groups -OCH3 is 2. The molecule has 0 radical (unpaired) electrons. The van der Waals surface area contributed by atoms with Crippen molar-refractivity contribution >= 4 is 39.2 Å². The van der Waals surface area contributed by atoms with E-state index in [-0.39, 0.29) is 16.3 Å². The van der Waals surface area contributed by atoms with Gasteiger partial charge in [0.2, 0.25) is 0 Å². The summed E-state index contributed by atoms with van der Waals surface area (Å²) in [6.45, 7) is 5.25. The molecule has 1 aliphatic rings. The number of nitro benzene ring substituents is 1. The van der Waals surface area contributed by atoms with Crippen LogP contribution in [0, 0.1) is 24.0 Å². The zero-order valence-electron chi connectivity index (χ0n) is 24.3. The van der Waals surface area contributed by atoms with Crippen LogP contribution >= 0.6 is 0 Å². The fraction of sp³-hybridized carbons (Fsp3) is 0.310. The van der Waals surface area contributed by atoms with Gasteiger partial charge in [-0.1, -0.05) is 6.07 Å². The molecule has 3 aromatic carbocycles. The number of hydrogen-bond donors (Lipinski definition) is 1. The van der Waals surface area contributed by atoms with E-state index in [0.29, 0.717) is 49.0 Å². The van der Waals surface area contributed by atoms with E-state index in [1.165, 1.54) is 50.8 Å². The lowest BCUT2D eigenvalue weighted by Gasteiger charge is -2.29. The van der Waals surface area contributed by atoms with Crippen LogP contribution in [-0.4, -0.2) is 72.5 Å². The molecule has 4 rings (SSSR count). The van der Waals surface area contributed by atoms with Crippen LogP contribution in [-0.2, 0) is 19.6 Å². The Morgan fingerprint density at radius 2 is 1.72 bits per heavy atom. The highest BCUT2D eigenvalue weighted by molar-refractivity contribution is 7.92. The van der Waals surface area contributed by atoms with E-state index in [2.05, 4.69) is 10.5 Å². The highest BCUT2D eigenvalue weighted by atomic mass is 32.2. The number of amides is 1. The van der Waals surface area contributed by atoms with Crippen molar-refractivity contribution in [1.82, 2.24) is 5.43 Å². The Kier molecular flexibility index (Phi) is 9.83. The smallest absolute Gasteiger partial charge is 0.270 e. The van der Waals surface area contributed by atoms with E-state index in [1.807, 2.05) is 24.8 Å². The molecule has 1 N–H and O–H groups in total. The number of hydrogen-bond acceptors (Lipinski definition) is 10. The largest absolute Gasteiger partial charge is 0.493 e. The molecule has 0 atom stereocenters. The normalized spacial score (nSPS) is 13.5. The lowest BCUT2D eigenvalue weighted by molar-refractivity contribution is -0.384. The van der Waals surface area contributed by atoms with Gasteiger partial charge in [0.1, 0.15) is 6.54 Å². The highest BCUT2D eigenvalue weighted by Gasteiger charge is 2.29. The fourth-order valence-electron chi connectivity index (χ4n) is 4.70. The summed E-state index contributed by atoms with van der Waals surface area (Å²) in [7, 11) is -1.43. The molecule has 228 valence electrons. The first-order chi connectivity index (χ1) is 20.5. The highest BCUT2D eigenvalue weighted by Crippen LogP contribution is 2.33. The van der Waals surface area contributed by atoms with Gasteiger partial charge in [-0.25, -0.2) is 13.8 Å². The second-order valence-electron chi connectivity index (χ2n) is 9.77. The second-order valence-corrected chi connectivity index (χ2v) is 11.6. The van der Waals surface area contributed by atoms with Gasteiger partial charge in [0, 0.05) is 42.5 Å². The lowest BCUT2D eigenvalue weighted by atomic mass is 10.1. The molecule has 0 bridgehead atoms. The van der Waals surface area contributed by atoms with Crippen molar-refractivity contribution in [1.29, 1.82) is 0 Å². The minimum atomic E-state index is -4.26. The maximum absolute atomic E-state index is 13.9. The summed E-state index contributed by atoms with van der Waals surface area (Å²) < 4.78 is 44.7. The molecule has 0 aromatic heterocycles. The number of nitrogens with one attached hydrogen (secondary N) is 1. The molecule has 1 amide bonds. The van der Waals surface area contributed by atoms with Gasteiger partial charge in [-0.05, 0) is 55.3 Å². The maximum atomic E-state index is 13.9. The van der Waals surface area contributed by atoms with Crippen LogP contribution in [0.4, 0.5) is 17.1 Å². The van der Waals surface area contributed by atoms with E-state index in [9.17, 15) is 23.3 Å². The van der Waals surface area contributed by atoms with Crippen LogP contribution in [0.25, 0.3) is 0 Å². The number of morpholine rings is 1. The number of ether oxygens (including phenoxy) is 3. The number of sulfonamides is 1. The van der Waals surface area contributed by atoms with E-state index in [0.717, 1.165) is 15.4 Å². The van der Waals surface area contributed by atoms with E-state index in [4.69, 9.17) is 14.2 Å². The Balaban J connectivity index is 1.63. The molecule has 1 saturated heterocycles. The van der Waals surface area contributed by atoms with Gasteiger partial charge < -0.3 is 19.1 Å². The molecule has 0 unspecified atom stereocenters. The number of nitro groups is 1. The van der Waals surface area contributed by atoms with Crippen molar-refractivity contribution in [2.45, 2.75) is 18.7 Å². The molecule has 3 aromatic rings. The third kappa shape index (κ3) is 7.40. The molecule has 1 aliphatic heterocycles. The van der Waals surface area contributed by atoms with Gasteiger partial charge in [-0.15, -0.1) is 0 Å². The molecular formula is C29H33N5O8S.